The minimum atomic E-state index is -0.371. The summed E-state index contributed by atoms with van der Waals surface area (Å²) in [6.45, 7) is 0. The SMILES string of the molecule is O=C(Nc1ccc(F)cc1)c1nnc(CSc2nnc(C3CC3)n2-c2ccccc2)s1. The molecule has 1 amide bonds. The fourth-order valence-electron chi connectivity index (χ4n) is 3.05. The van der Waals surface area contributed by atoms with Crippen LogP contribution in [0.5, 0.6) is 0 Å². The Morgan fingerprint density at radius 3 is 2.58 bits per heavy atom. The highest BCUT2D eigenvalue weighted by Crippen LogP contribution is 2.41. The maximum absolute atomic E-state index is 13.0. The molecule has 0 atom stereocenters. The van der Waals surface area contributed by atoms with Crippen molar-refractivity contribution >= 4 is 34.7 Å². The summed E-state index contributed by atoms with van der Waals surface area (Å²) >= 11 is 2.74. The van der Waals surface area contributed by atoms with Crippen molar-refractivity contribution in [2.75, 3.05) is 5.32 Å². The van der Waals surface area contributed by atoms with E-state index >= 15 is 0 Å². The van der Waals surface area contributed by atoms with Crippen LogP contribution in [0.15, 0.2) is 59.8 Å². The van der Waals surface area contributed by atoms with Crippen LogP contribution in [0.25, 0.3) is 5.69 Å². The van der Waals surface area contributed by atoms with Crippen LogP contribution in [-0.2, 0) is 5.75 Å². The second-order valence-electron chi connectivity index (χ2n) is 7.04. The van der Waals surface area contributed by atoms with Crippen molar-refractivity contribution in [3.63, 3.8) is 0 Å². The molecule has 1 aliphatic carbocycles. The number of thioether (sulfide) groups is 1. The van der Waals surface area contributed by atoms with Gasteiger partial charge >= 0.3 is 0 Å². The van der Waals surface area contributed by atoms with Crippen molar-refractivity contribution in [2.24, 2.45) is 0 Å². The van der Waals surface area contributed by atoms with Crippen LogP contribution in [0.3, 0.4) is 0 Å². The van der Waals surface area contributed by atoms with Gasteiger partial charge < -0.3 is 5.32 Å². The molecule has 31 heavy (non-hydrogen) atoms. The third-order valence-corrected chi connectivity index (χ3v) is 6.75. The molecule has 1 aliphatic rings. The predicted molar refractivity (Wildman–Crippen MR) is 117 cm³/mol. The number of aromatic nitrogens is 5. The standard InChI is InChI=1S/C21H17FN6OS2/c22-14-8-10-15(11-9-14)23-19(29)20-26-24-17(31-20)12-30-21-27-25-18(13-6-7-13)28(21)16-4-2-1-3-5-16/h1-5,8-11,13H,6-7,12H2,(H,23,29). The lowest BCUT2D eigenvalue weighted by molar-refractivity contribution is 0.102. The van der Waals surface area contributed by atoms with Gasteiger partial charge in [-0.1, -0.05) is 41.3 Å². The molecule has 2 aromatic heterocycles. The molecule has 5 rings (SSSR count). The number of carbonyl (C=O) groups excluding carboxylic acids is 1. The molecule has 2 aromatic carbocycles. The molecule has 0 unspecified atom stereocenters. The number of rotatable bonds is 7. The molecule has 10 heteroatoms. The number of halogens is 1. The average molecular weight is 453 g/mol. The number of nitrogens with zero attached hydrogens (tertiary/aromatic N) is 5. The molecule has 1 saturated carbocycles. The Hall–Kier alpha value is -3.11. The molecule has 1 N–H and O–H groups in total. The summed E-state index contributed by atoms with van der Waals surface area (Å²) in [6, 6.07) is 15.6. The van der Waals surface area contributed by atoms with Gasteiger partial charge in [-0.25, -0.2) is 4.39 Å². The lowest BCUT2D eigenvalue weighted by atomic mass is 10.3. The average Bonchev–Trinajstić information content (AvgIpc) is 3.37. The van der Waals surface area contributed by atoms with E-state index in [4.69, 9.17) is 0 Å². The van der Waals surface area contributed by atoms with Crippen molar-refractivity contribution in [1.29, 1.82) is 0 Å². The summed E-state index contributed by atoms with van der Waals surface area (Å²) < 4.78 is 15.1. The zero-order valence-electron chi connectivity index (χ0n) is 16.2. The maximum atomic E-state index is 13.0. The molecular formula is C21H17FN6OS2. The molecule has 0 bridgehead atoms. The fourth-order valence-corrected chi connectivity index (χ4v) is 4.73. The summed E-state index contributed by atoms with van der Waals surface area (Å²) in [6.07, 6.45) is 2.27. The minimum Gasteiger partial charge on any atom is -0.320 e. The van der Waals surface area contributed by atoms with E-state index in [9.17, 15) is 9.18 Å². The number of hydrogen-bond donors (Lipinski definition) is 1. The van der Waals surface area contributed by atoms with E-state index < -0.39 is 0 Å². The van der Waals surface area contributed by atoms with E-state index in [-0.39, 0.29) is 16.7 Å². The first kappa shape index (κ1) is 19.8. The van der Waals surface area contributed by atoms with E-state index in [2.05, 4.69) is 30.3 Å². The lowest BCUT2D eigenvalue weighted by Crippen LogP contribution is -2.11. The lowest BCUT2D eigenvalue weighted by Gasteiger charge is -2.09. The van der Waals surface area contributed by atoms with Crippen LogP contribution < -0.4 is 5.32 Å². The Kier molecular flexibility index (Phi) is 5.47. The van der Waals surface area contributed by atoms with Gasteiger partial charge in [0.2, 0.25) is 5.01 Å². The van der Waals surface area contributed by atoms with Crippen LogP contribution in [0.2, 0.25) is 0 Å². The summed E-state index contributed by atoms with van der Waals surface area (Å²) in [4.78, 5) is 12.4. The molecule has 7 nitrogen and oxygen atoms in total. The normalized spacial score (nSPS) is 13.3. The van der Waals surface area contributed by atoms with Gasteiger partial charge in [-0.3, -0.25) is 9.36 Å². The van der Waals surface area contributed by atoms with E-state index in [0.717, 1.165) is 29.5 Å². The Balaban J connectivity index is 1.29. The van der Waals surface area contributed by atoms with Crippen molar-refractivity contribution in [1.82, 2.24) is 25.0 Å². The van der Waals surface area contributed by atoms with Gasteiger partial charge in [0.05, 0.1) is 5.75 Å². The Labute approximate surface area is 185 Å². The number of carbonyl (C=O) groups is 1. The molecule has 2 heterocycles. The van der Waals surface area contributed by atoms with Gasteiger partial charge in [0.15, 0.2) is 5.16 Å². The largest absolute Gasteiger partial charge is 0.320 e. The van der Waals surface area contributed by atoms with Crippen molar-refractivity contribution in [3.05, 3.63) is 76.3 Å². The van der Waals surface area contributed by atoms with Gasteiger partial charge in [-0.15, -0.1) is 20.4 Å². The molecule has 4 aromatic rings. The van der Waals surface area contributed by atoms with Gasteiger partial charge in [-0.2, -0.15) is 0 Å². The number of para-hydroxylation sites is 1. The third kappa shape index (κ3) is 4.49. The maximum Gasteiger partial charge on any atom is 0.286 e. The molecule has 0 radical (unpaired) electrons. The van der Waals surface area contributed by atoms with Crippen LogP contribution in [0.1, 0.15) is 39.4 Å². The predicted octanol–water partition coefficient (Wildman–Crippen LogP) is 4.68. The number of benzene rings is 2. The minimum absolute atomic E-state index is 0.253. The molecule has 0 aliphatic heterocycles. The van der Waals surface area contributed by atoms with E-state index in [1.165, 1.54) is 47.4 Å². The molecule has 0 spiro atoms. The summed E-state index contributed by atoms with van der Waals surface area (Å²) in [5.74, 6) is 1.25. The highest BCUT2D eigenvalue weighted by molar-refractivity contribution is 7.98. The molecule has 156 valence electrons. The summed E-state index contributed by atoms with van der Waals surface area (Å²) in [5.41, 5.74) is 1.54. The second-order valence-corrected chi connectivity index (χ2v) is 9.04. The van der Waals surface area contributed by atoms with Crippen LogP contribution >= 0.6 is 23.1 Å². The van der Waals surface area contributed by atoms with Gasteiger partial charge in [0, 0.05) is 17.3 Å². The zero-order chi connectivity index (χ0) is 21.2. The number of hydrogen-bond acceptors (Lipinski definition) is 7. The second kappa shape index (κ2) is 8.56. The molecule has 0 saturated heterocycles. The molecule has 1 fully saturated rings. The first-order chi connectivity index (χ1) is 15.2. The first-order valence-corrected chi connectivity index (χ1v) is 11.5. The van der Waals surface area contributed by atoms with Gasteiger partial charge in [-0.05, 0) is 49.2 Å². The van der Waals surface area contributed by atoms with Crippen LogP contribution in [0, 0.1) is 5.82 Å². The fraction of sp³-hybridized carbons (Fsp3) is 0.190. The Bertz CT molecular complexity index is 1200. The molecular weight excluding hydrogens is 435 g/mol. The summed E-state index contributed by atoms with van der Waals surface area (Å²) in [5, 5.41) is 21.4. The van der Waals surface area contributed by atoms with Crippen LogP contribution in [-0.4, -0.2) is 30.9 Å². The van der Waals surface area contributed by atoms with Crippen LogP contribution in [0.4, 0.5) is 10.1 Å². The number of amides is 1. The smallest absolute Gasteiger partial charge is 0.286 e. The third-order valence-electron chi connectivity index (χ3n) is 4.70. The summed E-state index contributed by atoms with van der Waals surface area (Å²) in [7, 11) is 0. The van der Waals surface area contributed by atoms with E-state index in [1.807, 2.05) is 30.3 Å². The highest BCUT2D eigenvalue weighted by atomic mass is 32.2. The number of anilines is 1. The quantitative estimate of drug-likeness (QED) is 0.410. The van der Waals surface area contributed by atoms with E-state index in [0.29, 0.717) is 22.4 Å². The van der Waals surface area contributed by atoms with Crippen molar-refractivity contribution < 1.29 is 9.18 Å². The highest BCUT2D eigenvalue weighted by Gasteiger charge is 2.31. The monoisotopic (exact) mass is 452 g/mol. The van der Waals surface area contributed by atoms with Gasteiger partial charge in [0.25, 0.3) is 5.91 Å². The van der Waals surface area contributed by atoms with E-state index in [1.54, 1.807) is 0 Å². The zero-order valence-corrected chi connectivity index (χ0v) is 17.9. The Morgan fingerprint density at radius 2 is 1.84 bits per heavy atom. The Morgan fingerprint density at radius 1 is 1.06 bits per heavy atom. The van der Waals surface area contributed by atoms with Crippen molar-refractivity contribution in [2.45, 2.75) is 29.7 Å². The topological polar surface area (TPSA) is 85.6 Å². The van der Waals surface area contributed by atoms with Crippen molar-refractivity contribution in [3.8, 4) is 5.69 Å². The van der Waals surface area contributed by atoms with Gasteiger partial charge in [0.1, 0.15) is 16.6 Å². The first-order valence-electron chi connectivity index (χ1n) is 9.70. The number of nitrogens with one attached hydrogen (secondary N) is 1.